The smallest absolute Gasteiger partial charge is 0.360 e. The van der Waals surface area contributed by atoms with Gasteiger partial charge in [-0.25, -0.2) is 24.0 Å². The minimum atomic E-state index is -1.55. The lowest BCUT2D eigenvalue weighted by molar-refractivity contribution is 0.0684. The predicted molar refractivity (Wildman–Crippen MR) is 167 cm³/mol. The SMILES string of the molecule is O=C(O)c1cc(O)c(O)c(OC(=O)c2cc(O)c(O)c(OC(=O)c3cc(O)c(O)c(OC(=O)c4cc(O)c(O)c(OC(=O)c5ccc[nH]5)c4)c3)c2)c1. The molecular weight excluding hydrogens is 698 g/mol. The zero-order valence-electron chi connectivity index (χ0n) is 25.6. The van der Waals surface area contributed by atoms with Gasteiger partial charge in [0.05, 0.1) is 22.3 Å². The summed E-state index contributed by atoms with van der Waals surface area (Å²) in [6, 6.07) is 8.32. The van der Waals surface area contributed by atoms with Crippen molar-refractivity contribution in [1.82, 2.24) is 4.98 Å². The number of carboxylic acid groups (broad SMARTS) is 1. The highest BCUT2D eigenvalue weighted by atomic mass is 16.6. The molecule has 19 heteroatoms. The average molecular weight is 720 g/mol. The van der Waals surface area contributed by atoms with Crippen molar-refractivity contribution < 1.29 is 88.9 Å². The van der Waals surface area contributed by atoms with Crippen molar-refractivity contribution in [3.05, 3.63) is 94.8 Å². The molecule has 266 valence electrons. The van der Waals surface area contributed by atoms with Gasteiger partial charge in [0.2, 0.25) is 23.0 Å². The van der Waals surface area contributed by atoms with Gasteiger partial charge in [-0.3, -0.25) is 0 Å². The Morgan fingerprint density at radius 3 is 1.06 bits per heavy atom. The van der Waals surface area contributed by atoms with E-state index in [2.05, 4.69) is 4.98 Å². The quantitative estimate of drug-likeness (QED) is 0.0593. The van der Waals surface area contributed by atoms with Crippen molar-refractivity contribution in [1.29, 1.82) is 0 Å². The molecule has 52 heavy (non-hydrogen) atoms. The van der Waals surface area contributed by atoms with E-state index in [0.717, 1.165) is 6.07 Å². The van der Waals surface area contributed by atoms with Crippen LogP contribution in [0.5, 0.6) is 69.0 Å². The van der Waals surface area contributed by atoms with E-state index in [9.17, 15) is 64.8 Å². The topological polar surface area (TPSA) is 320 Å². The van der Waals surface area contributed by atoms with E-state index in [1.807, 2.05) is 0 Å². The third-order valence-electron chi connectivity index (χ3n) is 6.80. The second-order valence-electron chi connectivity index (χ2n) is 10.3. The van der Waals surface area contributed by atoms with Crippen LogP contribution in [0.3, 0.4) is 0 Å². The molecular formula is C33H21NO18. The molecule has 0 atom stereocenters. The van der Waals surface area contributed by atoms with Gasteiger partial charge < -0.3 is 69.9 Å². The van der Waals surface area contributed by atoms with E-state index in [1.165, 1.54) is 18.3 Å². The summed E-state index contributed by atoms with van der Waals surface area (Å²) in [5.41, 5.74) is -2.49. The number of aromatic nitrogens is 1. The molecule has 0 aliphatic rings. The monoisotopic (exact) mass is 719 g/mol. The van der Waals surface area contributed by atoms with Gasteiger partial charge in [0, 0.05) is 6.20 Å². The Hall–Kier alpha value is -8.09. The molecule has 0 radical (unpaired) electrons. The first-order valence-corrected chi connectivity index (χ1v) is 14.0. The number of nitrogens with one attached hydrogen (secondary N) is 1. The van der Waals surface area contributed by atoms with Crippen molar-refractivity contribution in [2.75, 3.05) is 0 Å². The van der Waals surface area contributed by atoms with Crippen LogP contribution < -0.4 is 18.9 Å². The Morgan fingerprint density at radius 1 is 0.442 bits per heavy atom. The number of carbonyl (C=O) groups is 5. The number of phenolic OH excluding ortho intramolecular Hbond substituents is 8. The Kier molecular flexibility index (Phi) is 9.35. The predicted octanol–water partition coefficient (Wildman–Crippen LogP) is 3.23. The number of phenols is 8. The Morgan fingerprint density at radius 2 is 0.750 bits per heavy atom. The highest BCUT2D eigenvalue weighted by molar-refractivity contribution is 5.98. The normalized spacial score (nSPS) is 10.6. The molecule has 5 aromatic rings. The highest BCUT2D eigenvalue weighted by Gasteiger charge is 2.26. The molecule has 0 bridgehead atoms. The minimum Gasteiger partial charge on any atom is -0.504 e. The van der Waals surface area contributed by atoms with E-state index >= 15 is 0 Å². The summed E-state index contributed by atoms with van der Waals surface area (Å²) in [7, 11) is 0. The fourth-order valence-corrected chi connectivity index (χ4v) is 4.25. The molecule has 0 saturated heterocycles. The van der Waals surface area contributed by atoms with Gasteiger partial charge in [0.15, 0.2) is 46.0 Å². The van der Waals surface area contributed by atoms with Gasteiger partial charge in [-0.1, -0.05) is 0 Å². The largest absolute Gasteiger partial charge is 0.504 e. The van der Waals surface area contributed by atoms with Crippen LogP contribution in [0.2, 0.25) is 0 Å². The zero-order valence-corrected chi connectivity index (χ0v) is 25.6. The lowest BCUT2D eigenvalue weighted by Crippen LogP contribution is -2.13. The fraction of sp³-hybridized carbons (Fsp3) is 0. The molecule has 0 spiro atoms. The number of aromatic carboxylic acids is 1. The van der Waals surface area contributed by atoms with Crippen molar-refractivity contribution in [3.63, 3.8) is 0 Å². The van der Waals surface area contributed by atoms with Crippen LogP contribution in [0.15, 0.2) is 66.9 Å². The molecule has 0 amide bonds. The van der Waals surface area contributed by atoms with Crippen LogP contribution in [0.4, 0.5) is 0 Å². The molecule has 10 N–H and O–H groups in total. The number of benzene rings is 4. The van der Waals surface area contributed by atoms with E-state index < -0.39 is 121 Å². The van der Waals surface area contributed by atoms with Crippen LogP contribution >= 0.6 is 0 Å². The molecule has 0 saturated carbocycles. The fourth-order valence-electron chi connectivity index (χ4n) is 4.25. The minimum absolute atomic E-state index is 0.0455. The van der Waals surface area contributed by atoms with Crippen molar-refractivity contribution >= 4 is 29.8 Å². The van der Waals surface area contributed by atoms with E-state index in [-0.39, 0.29) is 5.69 Å². The van der Waals surface area contributed by atoms with Gasteiger partial charge in [-0.05, 0) is 60.7 Å². The summed E-state index contributed by atoms with van der Waals surface area (Å²) < 4.78 is 20.0. The molecule has 1 heterocycles. The second kappa shape index (κ2) is 13.8. The summed E-state index contributed by atoms with van der Waals surface area (Å²) in [5, 5.41) is 90.2. The Labute approximate surface area is 287 Å². The molecule has 1 aromatic heterocycles. The average Bonchev–Trinajstić information content (AvgIpc) is 3.64. The third kappa shape index (κ3) is 7.17. The van der Waals surface area contributed by atoms with Crippen molar-refractivity contribution in [2.24, 2.45) is 0 Å². The van der Waals surface area contributed by atoms with Crippen LogP contribution in [0.25, 0.3) is 0 Å². The summed E-state index contributed by atoms with van der Waals surface area (Å²) in [6.45, 7) is 0. The summed E-state index contributed by atoms with van der Waals surface area (Å²) in [5.74, 6) is -18.1. The molecule has 0 fully saturated rings. The van der Waals surface area contributed by atoms with Gasteiger partial charge >= 0.3 is 29.8 Å². The van der Waals surface area contributed by atoms with Crippen molar-refractivity contribution in [3.8, 4) is 69.0 Å². The lowest BCUT2D eigenvalue weighted by atomic mass is 10.1. The Bertz CT molecular complexity index is 2290. The number of hydrogen-bond donors (Lipinski definition) is 10. The third-order valence-corrected chi connectivity index (χ3v) is 6.80. The van der Waals surface area contributed by atoms with Crippen LogP contribution in [0.1, 0.15) is 51.9 Å². The molecule has 5 rings (SSSR count). The number of rotatable bonds is 9. The maximum atomic E-state index is 13.0. The maximum Gasteiger partial charge on any atom is 0.360 e. The van der Waals surface area contributed by atoms with Crippen LogP contribution in [0, 0.1) is 0 Å². The van der Waals surface area contributed by atoms with E-state index in [0.29, 0.717) is 42.5 Å². The molecule has 0 unspecified atom stereocenters. The first-order chi connectivity index (χ1) is 24.5. The zero-order chi connectivity index (χ0) is 38.0. The first kappa shape index (κ1) is 35.2. The van der Waals surface area contributed by atoms with Gasteiger partial charge in [-0.2, -0.15) is 0 Å². The lowest BCUT2D eigenvalue weighted by Gasteiger charge is -2.13. The van der Waals surface area contributed by atoms with Gasteiger partial charge in [0.1, 0.15) is 5.69 Å². The molecule has 4 aromatic carbocycles. The number of esters is 4. The van der Waals surface area contributed by atoms with Gasteiger partial charge in [-0.15, -0.1) is 0 Å². The summed E-state index contributed by atoms with van der Waals surface area (Å²) >= 11 is 0. The summed E-state index contributed by atoms with van der Waals surface area (Å²) in [4.78, 5) is 64.9. The number of hydrogen-bond acceptors (Lipinski definition) is 17. The number of carbonyl (C=O) groups excluding carboxylic acids is 4. The summed E-state index contributed by atoms with van der Waals surface area (Å²) in [6.07, 6.45) is 1.40. The number of H-pyrrole nitrogens is 1. The number of aromatic hydroxyl groups is 8. The van der Waals surface area contributed by atoms with E-state index in [1.54, 1.807) is 0 Å². The molecule has 19 nitrogen and oxygen atoms in total. The molecule has 0 aliphatic heterocycles. The van der Waals surface area contributed by atoms with Gasteiger partial charge in [0.25, 0.3) is 0 Å². The van der Waals surface area contributed by atoms with Crippen molar-refractivity contribution in [2.45, 2.75) is 0 Å². The van der Waals surface area contributed by atoms with E-state index in [4.69, 9.17) is 24.1 Å². The first-order valence-electron chi connectivity index (χ1n) is 14.0. The second-order valence-corrected chi connectivity index (χ2v) is 10.3. The molecule has 0 aliphatic carbocycles. The van der Waals surface area contributed by atoms with Crippen LogP contribution in [-0.2, 0) is 0 Å². The highest BCUT2D eigenvalue weighted by Crippen LogP contribution is 2.42. The number of ether oxygens (including phenoxy) is 4. The number of carboxylic acids is 1. The number of aromatic amines is 1. The maximum absolute atomic E-state index is 13.0. The standard InChI is InChI=1S/C33H21NO18/c35-17-4-12(29(43)44)8-21(25(17)39)49-30(45)13-5-18(36)26(40)22(9-13)50-31(46)14-6-19(37)27(41)23(10-14)51-32(47)15-7-20(38)28(42)24(11-15)52-33(48)16-2-1-3-34-16/h1-11,34-42H,(H,43,44). The van der Waals surface area contributed by atoms with Crippen LogP contribution in [-0.4, -0.2) is 80.8 Å². The Balaban J connectivity index is 1.37.